The number of hydrogen-bond acceptors (Lipinski definition) is 15. The molecule has 6 aliphatic rings. The Kier molecular flexibility index (Phi) is 13.2. The van der Waals surface area contributed by atoms with Gasteiger partial charge in [0.2, 0.25) is 11.8 Å². The largest absolute Gasteiger partial charge is 0.508 e. The molecule has 0 radical (unpaired) electrons. The topological polar surface area (TPSA) is 221 Å². The highest BCUT2D eigenvalue weighted by molar-refractivity contribution is 6.25. The molecule has 384 valence electrons. The van der Waals surface area contributed by atoms with Crippen LogP contribution in [0, 0.1) is 24.0 Å². The molecule has 5 fully saturated rings. The van der Waals surface area contributed by atoms with E-state index in [4.69, 9.17) is 20.9 Å². The molecule has 74 heavy (non-hydrogen) atoms. The van der Waals surface area contributed by atoms with Gasteiger partial charge in [0.05, 0.1) is 27.6 Å². The van der Waals surface area contributed by atoms with Gasteiger partial charge in [-0.3, -0.25) is 39.3 Å². The van der Waals surface area contributed by atoms with Gasteiger partial charge >= 0.3 is 12.1 Å². The number of halogens is 2. The van der Waals surface area contributed by atoms with Gasteiger partial charge in [0, 0.05) is 73.6 Å². The molecule has 0 saturated carbocycles. The number of imide groups is 2. The number of nitrogens with one attached hydrogen (secondary N) is 4. The minimum absolute atomic E-state index is 0.00995. The number of piperazine rings is 1. The van der Waals surface area contributed by atoms with Crippen LogP contribution in [0.5, 0.6) is 11.8 Å². The molecule has 5 aromatic rings. The number of alkyl carbamates (subject to hydrolysis) is 1. The van der Waals surface area contributed by atoms with Crippen molar-refractivity contribution in [1.29, 1.82) is 0 Å². The third kappa shape index (κ3) is 9.05. The Morgan fingerprint density at radius 3 is 2.55 bits per heavy atom. The number of hydrogen-bond donors (Lipinski definition) is 5. The Bertz CT molecular complexity index is 3160. The summed E-state index contributed by atoms with van der Waals surface area (Å²) in [4.78, 5) is 83.2. The van der Waals surface area contributed by atoms with Gasteiger partial charge in [0.25, 0.3) is 11.8 Å². The number of aromatic nitrogens is 3. The first-order chi connectivity index (χ1) is 35.9. The van der Waals surface area contributed by atoms with Gasteiger partial charge in [-0.25, -0.2) is 13.6 Å². The van der Waals surface area contributed by atoms with Crippen LogP contribution in [-0.2, 0) is 14.3 Å². The second kappa shape index (κ2) is 20.1. The Morgan fingerprint density at radius 1 is 0.946 bits per heavy atom. The number of pyridine rings is 1. The maximum absolute atomic E-state index is 17.2. The quantitative estimate of drug-likeness (QED) is 0.0440. The second-order valence-electron chi connectivity index (χ2n) is 20.3. The number of rotatable bonds is 16. The van der Waals surface area contributed by atoms with E-state index in [0.717, 1.165) is 75.7 Å². The first-order valence-corrected chi connectivity index (χ1v) is 25.6. The fourth-order valence-electron chi connectivity index (χ4n) is 12.1. The van der Waals surface area contributed by atoms with E-state index >= 15 is 8.78 Å². The molecule has 6 aliphatic heterocycles. The molecule has 18 nitrogen and oxygen atoms in total. The van der Waals surface area contributed by atoms with Crippen molar-refractivity contribution in [2.24, 2.45) is 0 Å². The summed E-state index contributed by atoms with van der Waals surface area (Å²) in [6, 6.07) is 9.89. The minimum Gasteiger partial charge on any atom is -0.508 e. The van der Waals surface area contributed by atoms with Crippen molar-refractivity contribution in [2.45, 2.75) is 107 Å². The number of anilines is 2. The van der Waals surface area contributed by atoms with Crippen molar-refractivity contribution in [3.05, 3.63) is 77.0 Å². The first-order valence-electron chi connectivity index (χ1n) is 25.6. The second-order valence-corrected chi connectivity index (χ2v) is 20.3. The standard InChI is InChI=1S/C54H56F2N10O8/c1-2-35-39(55)14-11-30-23-34(67)24-37(43(30)35)46-45(56)47-38(25-59-46)48(64-26-31-12-13-32(27-64)60-31)63-52(62-47)74-29-54-18-8-22-65(54)33(17-19-54)28-73-53(72)58-21-6-4-3-5-20-57-40-10-7-9-36-44(40)51(71)66(50(36)70)41-15-16-42(68)61-49(41)69/h1,7,9-11,14,23-25,31-33,41,57,60,67H,3-6,8,12-13,15-22,26-29H2,(H,58,72)(H,61,68,69)/t31?,32?,33-,41?,54-/m1/s1. The van der Waals surface area contributed by atoms with Crippen LogP contribution in [0.15, 0.2) is 48.7 Å². The lowest BCUT2D eigenvalue weighted by Crippen LogP contribution is -2.54. The number of piperidine rings is 1. The highest BCUT2D eigenvalue weighted by Crippen LogP contribution is 2.44. The van der Waals surface area contributed by atoms with Crippen LogP contribution >= 0.6 is 0 Å². The highest BCUT2D eigenvalue weighted by atomic mass is 19.1. The molecule has 11 rings (SSSR count). The van der Waals surface area contributed by atoms with Gasteiger partial charge in [0.15, 0.2) is 5.82 Å². The number of nitrogens with zero attached hydrogens (tertiary/aromatic N) is 6. The fourth-order valence-corrected chi connectivity index (χ4v) is 12.1. The predicted octanol–water partition coefficient (Wildman–Crippen LogP) is 5.93. The van der Waals surface area contributed by atoms with Crippen molar-refractivity contribution in [1.82, 2.24) is 40.7 Å². The molecule has 5 atom stereocenters. The number of terminal acetylenes is 1. The van der Waals surface area contributed by atoms with E-state index < -0.39 is 47.4 Å². The van der Waals surface area contributed by atoms with Crippen molar-refractivity contribution < 1.29 is 47.3 Å². The van der Waals surface area contributed by atoms with Crippen LogP contribution in [0.1, 0.15) is 103 Å². The Morgan fingerprint density at radius 2 is 1.76 bits per heavy atom. The maximum Gasteiger partial charge on any atom is 0.407 e. The summed E-state index contributed by atoms with van der Waals surface area (Å²) in [6.45, 7) is 3.53. The molecule has 2 aromatic heterocycles. The number of aromatic hydroxyl groups is 1. The zero-order chi connectivity index (χ0) is 51.3. The van der Waals surface area contributed by atoms with Gasteiger partial charge in [-0.05, 0) is 100 Å². The molecule has 5 N–H and O–H groups in total. The van der Waals surface area contributed by atoms with Crippen molar-refractivity contribution in [2.75, 3.05) is 56.2 Å². The van der Waals surface area contributed by atoms with E-state index in [0.29, 0.717) is 48.5 Å². The lowest BCUT2D eigenvalue weighted by atomic mass is 9.95. The van der Waals surface area contributed by atoms with Crippen LogP contribution < -0.4 is 30.9 Å². The zero-order valence-corrected chi connectivity index (χ0v) is 40.7. The summed E-state index contributed by atoms with van der Waals surface area (Å²) in [5.74, 6) is -0.895. The molecule has 5 saturated heterocycles. The highest BCUT2D eigenvalue weighted by Gasteiger charge is 2.50. The van der Waals surface area contributed by atoms with E-state index in [1.165, 1.54) is 30.5 Å². The molecule has 20 heteroatoms. The van der Waals surface area contributed by atoms with Crippen LogP contribution in [0.25, 0.3) is 32.9 Å². The number of phenols is 1. The summed E-state index contributed by atoms with van der Waals surface area (Å²) in [7, 11) is 0. The van der Waals surface area contributed by atoms with Crippen LogP contribution in [0.4, 0.5) is 25.1 Å². The lowest BCUT2D eigenvalue weighted by molar-refractivity contribution is -0.136. The van der Waals surface area contributed by atoms with Gasteiger partial charge in [0.1, 0.15) is 47.9 Å². The number of amides is 5. The number of carbonyl (C=O) groups excluding carboxylic acids is 5. The van der Waals surface area contributed by atoms with Crippen LogP contribution in [0.3, 0.4) is 0 Å². The van der Waals surface area contributed by atoms with Gasteiger partial charge in [-0.15, -0.1) is 6.42 Å². The lowest BCUT2D eigenvalue weighted by Gasteiger charge is -2.35. The molecule has 2 bridgehead atoms. The third-order valence-corrected chi connectivity index (χ3v) is 15.7. The van der Waals surface area contributed by atoms with Crippen LogP contribution in [0.2, 0.25) is 0 Å². The fraction of sp³-hybridized carbons (Fsp3) is 0.444. The monoisotopic (exact) mass is 1010 g/mol. The smallest absolute Gasteiger partial charge is 0.407 e. The molecule has 0 aliphatic carbocycles. The van der Waals surface area contributed by atoms with Crippen LogP contribution in [-0.4, -0.2) is 135 Å². The zero-order valence-electron chi connectivity index (χ0n) is 40.7. The molecular weight excluding hydrogens is 955 g/mol. The number of unbranched alkanes of at least 4 members (excludes halogenated alkanes) is 3. The van der Waals surface area contributed by atoms with Crippen molar-refractivity contribution in [3.8, 4) is 35.4 Å². The molecule has 3 aromatic carbocycles. The summed E-state index contributed by atoms with van der Waals surface area (Å²) in [5, 5.41) is 23.8. The Labute approximate surface area is 424 Å². The van der Waals surface area contributed by atoms with Crippen molar-refractivity contribution in [3.63, 3.8) is 0 Å². The molecule has 0 spiro atoms. The number of carbonyl (C=O) groups is 5. The Hall–Kier alpha value is -7.50. The molecule has 8 heterocycles. The first kappa shape index (κ1) is 48.8. The van der Waals surface area contributed by atoms with E-state index in [1.807, 2.05) is 0 Å². The summed E-state index contributed by atoms with van der Waals surface area (Å²) in [6.07, 6.45) is 15.5. The Balaban J connectivity index is 0.688. The number of benzene rings is 3. The SMILES string of the molecule is C#Cc1c(F)ccc2cc(O)cc(-c3ncc4c(N5CC6CCC(C5)N6)nc(OC[C@]56CCCN5[C@@H](COC(=O)NCCCCCCNc5cccc7c5C(=O)N(C5CCC(=O)NC5=O)C7=O)CC6)nc4c3F)c12. The van der Waals surface area contributed by atoms with E-state index in [1.54, 1.807) is 18.2 Å². The summed E-state index contributed by atoms with van der Waals surface area (Å²) < 4.78 is 44.5. The maximum atomic E-state index is 17.2. The predicted molar refractivity (Wildman–Crippen MR) is 269 cm³/mol. The number of fused-ring (bicyclic) bond motifs is 6. The molecule has 5 amide bonds. The normalized spacial score (nSPS) is 23.3. The van der Waals surface area contributed by atoms with Gasteiger partial charge in [-0.1, -0.05) is 30.9 Å². The number of ether oxygens (including phenoxy) is 2. The van der Waals surface area contributed by atoms with E-state index in [9.17, 15) is 29.1 Å². The van der Waals surface area contributed by atoms with Gasteiger partial charge in [-0.2, -0.15) is 9.97 Å². The average Bonchev–Trinajstić information content (AvgIpc) is 4.14. The summed E-state index contributed by atoms with van der Waals surface area (Å²) >= 11 is 0. The number of phenolic OH excluding ortho intramolecular Hbond substituents is 1. The van der Waals surface area contributed by atoms with E-state index in [-0.39, 0.29) is 100 Å². The summed E-state index contributed by atoms with van der Waals surface area (Å²) in [5.41, 5.74) is 0.473. The molecule has 3 unspecified atom stereocenters. The minimum atomic E-state index is -1.03. The molecular formula is C54H56F2N10O8. The average molecular weight is 1010 g/mol. The van der Waals surface area contributed by atoms with E-state index in [2.05, 4.69) is 47.0 Å². The third-order valence-electron chi connectivity index (χ3n) is 15.7. The van der Waals surface area contributed by atoms with Gasteiger partial charge < -0.3 is 35.4 Å². The van der Waals surface area contributed by atoms with Crippen molar-refractivity contribution >= 4 is 62.9 Å².